The minimum atomic E-state index is -3.81. The zero-order chi connectivity index (χ0) is 25.0. The van der Waals surface area contributed by atoms with E-state index in [9.17, 15) is 8.42 Å². The van der Waals surface area contributed by atoms with Crippen LogP contribution in [0.3, 0.4) is 0 Å². The Hall–Kier alpha value is -3.75. The van der Waals surface area contributed by atoms with Gasteiger partial charge in [0.2, 0.25) is 0 Å². The number of hydrogen-bond donors (Lipinski definition) is 1. The number of anilines is 2. The maximum atomic E-state index is 13.2. The Balaban J connectivity index is 1.35. The molecule has 1 saturated heterocycles. The van der Waals surface area contributed by atoms with Crippen LogP contribution in [-0.2, 0) is 10.0 Å². The molecule has 0 amide bonds. The van der Waals surface area contributed by atoms with Gasteiger partial charge in [-0.25, -0.2) is 18.4 Å². The quantitative estimate of drug-likeness (QED) is 0.401. The van der Waals surface area contributed by atoms with Crippen molar-refractivity contribution in [2.45, 2.75) is 11.8 Å². The average Bonchev–Trinajstić information content (AvgIpc) is 2.89. The van der Waals surface area contributed by atoms with Gasteiger partial charge in [-0.05, 0) is 36.8 Å². The number of nitrogens with one attached hydrogen (secondary N) is 1. The van der Waals surface area contributed by atoms with Crippen LogP contribution in [0.1, 0.15) is 11.1 Å². The third-order valence-corrected chi connectivity index (χ3v) is 7.61. The Bertz CT molecular complexity index is 1460. The molecule has 8 heteroatoms. The van der Waals surface area contributed by atoms with E-state index < -0.39 is 10.0 Å². The first-order valence-electron chi connectivity index (χ1n) is 12.0. The van der Waals surface area contributed by atoms with Crippen molar-refractivity contribution in [1.29, 1.82) is 0 Å². The van der Waals surface area contributed by atoms with E-state index in [2.05, 4.69) is 43.8 Å². The molecule has 0 unspecified atom stereocenters. The van der Waals surface area contributed by atoms with Crippen LogP contribution in [0.5, 0.6) is 0 Å². The summed E-state index contributed by atoms with van der Waals surface area (Å²) in [7, 11) is -3.81. The number of benzene rings is 3. The van der Waals surface area contributed by atoms with Gasteiger partial charge in [0, 0.05) is 32.7 Å². The Morgan fingerprint density at radius 2 is 1.47 bits per heavy atom. The molecule has 2 heterocycles. The Morgan fingerprint density at radius 3 is 2.17 bits per heavy atom. The van der Waals surface area contributed by atoms with Crippen molar-refractivity contribution >= 4 is 38.8 Å². The summed E-state index contributed by atoms with van der Waals surface area (Å²) < 4.78 is 29.0. The van der Waals surface area contributed by atoms with Crippen molar-refractivity contribution in [3.05, 3.63) is 96.1 Å². The Morgan fingerprint density at radius 1 is 0.833 bits per heavy atom. The maximum Gasteiger partial charge on any atom is 0.263 e. The number of aryl methyl sites for hydroxylation is 1. The summed E-state index contributed by atoms with van der Waals surface area (Å²) in [6, 6.07) is 24.6. The molecule has 0 atom stereocenters. The van der Waals surface area contributed by atoms with E-state index in [-0.39, 0.29) is 10.7 Å². The van der Waals surface area contributed by atoms with Gasteiger partial charge in [-0.1, -0.05) is 72.3 Å². The second kappa shape index (κ2) is 10.5. The highest BCUT2D eigenvalue weighted by Gasteiger charge is 2.24. The molecule has 0 saturated carbocycles. The van der Waals surface area contributed by atoms with Crippen LogP contribution in [0.25, 0.3) is 17.1 Å². The van der Waals surface area contributed by atoms with Gasteiger partial charge in [0.05, 0.1) is 15.9 Å². The molecule has 5 rings (SSSR count). The van der Waals surface area contributed by atoms with Crippen molar-refractivity contribution in [3.8, 4) is 0 Å². The highest BCUT2D eigenvalue weighted by atomic mass is 32.2. The summed E-state index contributed by atoms with van der Waals surface area (Å²) in [4.78, 5) is 14.2. The van der Waals surface area contributed by atoms with E-state index in [0.29, 0.717) is 11.3 Å². The third-order valence-electron chi connectivity index (χ3n) is 6.26. The first kappa shape index (κ1) is 24.0. The van der Waals surface area contributed by atoms with Gasteiger partial charge in [-0.3, -0.25) is 9.62 Å². The number of hydrogen-bond acceptors (Lipinski definition) is 6. The summed E-state index contributed by atoms with van der Waals surface area (Å²) in [5.41, 5.74) is 3.57. The van der Waals surface area contributed by atoms with E-state index in [1.165, 1.54) is 5.56 Å². The van der Waals surface area contributed by atoms with E-state index in [1.807, 2.05) is 49.4 Å². The lowest BCUT2D eigenvalue weighted by Crippen LogP contribution is -2.47. The van der Waals surface area contributed by atoms with Crippen LogP contribution in [0.15, 0.2) is 89.8 Å². The highest BCUT2D eigenvalue weighted by Crippen LogP contribution is 2.28. The van der Waals surface area contributed by atoms with Crippen molar-refractivity contribution in [1.82, 2.24) is 14.9 Å². The Kier molecular flexibility index (Phi) is 6.97. The molecule has 3 aromatic carbocycles. The third kappa shape index (κ3) is 5.56. The molecule has 184 valence electrons. The Labute approximate surface area is 212 Å². The van der Waals surface area contributed by atoms with Gasteiger partial charge in [-0.15, -0.1) is 0 Å². The van der Waals surface area contributed by atoms with Crippen LogP contribution < -0.4 is 9.62 Å². The molecule has 0 bridgehead atoms. The number of para-hydroxylation sites is 2. The van der Waals surface area contributed by atoms with Gasteiger partial charge >= 0.3 is 0 Å². The van der Waals surface area contributed by atoms with Crippen LogP contribution >= 0.6 is 0 Å². The lowest BCUT2D eigenvalue weighted by molar-refractivity contribution is 0.284. The normalized spacial score (nSPS) is 15.0. The van der Waals surface area contributed by atoms with Crippen LogP contribution in [0.4, 0.5) is 11.6 Å². The average molecular weight is 500 g/mol. The fourth-order valence-electron chi connectivity index (χ4n) is 4.23. The number of fused-ring (bicyclic) bond motifs is 1. The van der Waals surface area contributed by atoms with E-state index in [1.54, 1.807) is 24.3 Å². The molecular formula is C28H29N5O2S. The van der Waals surface area contributed by atoms with Crippen molar-refractivity contribution < 1.29 is 8.42 Å². The predicted octanol–water partition coefficient (Wildman–Crippen LogP) is 4.57. The second-order valence-corrected chi connectivity index (χ2v) is 10.6. The minimum Gasteiger partial charge on any atom is -0.351 e. The molecule has 4 aromatic rings. The van der Waals surface area contributed by atoms with Gasteiger partial charge in [-0.2, -0.15) is 0 Å². The summed E-state index contributed by atoms with van der Waals surface area (Å²) in [5.74, 6) is 0.815. The van der Waals surface area contributed by atoms with Crippen molar-refractivity contribution in [2.24, 2.45) is 0 Å². The molecule has 7 nitrogen and oxygen atoms in total. The van der Waals surface area contributed by atoms with E-state index in [4.69, 9.17) is 4.98 Å². The topological polar surface area (TPSA) is 78.4 Å². The number of piperazine rings is 1. The number of rotatable bonds is 7. The molecule has 1 fully saturated rings. The second-order valence-electron chi connectivity index (χ2n) is 8.90. The maximum absolute atomic E-state index is 13.2. The van der Waals surface area contributed by atoms with E-state index in [0.717, 1.165) is 43.8 Å². The molecule has 0 radical (unpaired) electrons. The van der Waals surface area contributed by atoms with E-state index >= 15 is 0 Å². The fraction of sp³-hybridized carbons (Fsp3) is 0.214. The molecule has 1 aliphatic rings. The van der Waals surface area contributed by atoms with Crippen LogP contribution in [-0.4, -0.2) is 56.0 Å². The minimum absolute atomic E-state index is 0.198. The first-order chi connectivity index (χ1) is 17.5. The summed E-state index contributed by atoms with van der Waals surface area (Å²) in [5, 5.41) is 0. The molecule has 36 heavy (non-hydrogen) atoms. The lowest BCUT2D eigenvalue weighted by Gasteiger charge is -2.35. The number of nitrogens with zero attached hydrogens (tertiary/aromatic N) is 4. The molecule has 1 aliphatic heterocycles. The number of aromatic nitrogens is 2. The lowest BCUT2D eigenvalue weighted by atomic mass is 10.2. The predicted molar refractivity (Wildman–Crippen MR) is 146 cm³/mol. The standard InChI is InChI=1S/C28H29N5O2S/c1-22-13-15-24(16-14-22)36(34,35)31-27-28(30-26-12-6-5-11-25(26)29-27)33-20-18-32(19-21-33)17-7-10-23-8-3-2-4-9-23/h2-16H,17-21H2,1H3,(H,29,31)/b10-7+. The highest BCUT2D eigenvalue weighted by molar-refractivity contribution is 7.92. The zero-order valence-corrected chi connectivity index (χ0v) is 21.0. The fourth-order valence-corrected chi connectivity index (χ4v) is 5.23. The van der Waals surface area contributed by atoms with Crippen molar-refractivity contribution in [2.75, 3.05) is 42.3 Å². The van der Waals surface area contributed by atoms with Gasteiger partial charge in [0.25, 0.3) is 10.0 Å². The molecule has 0 spiro atoms. The summed E-state index contributed by atoms with van der Waals surface area (Å²) in [6.07, 6.45) is 4.32. The van der Waals surface area contributed by atoms with Crippen LogP contribution in [0, 0.1) is 6.92 Å². The smallest absolute Gasteiger partial charge is 0.263 e. The largest absolute Gasteiger partial charge is 0.351 e. The van der Waals surface area contributed by atoms with Gasteiger partial charge < -0.3 is 4.90 Å². The van der Waals surface area contributed by atoms with Crippen LogP contribution in [0.2, 0.25) is 0 Å². The monoisotopic (exact) mass is 499 g/mol. The summed E-state index contributed by atoms with van der Waals surface area (Å²) in [6.45, 7) is 5.93. The SMILES string of the molecule is Cc1ccc(S(=O)(=O)Nc2nc3ccccc3nc2N2CCN(C/C=C/c3ccccc3)CC2)cc1. The van der Waals surface area contributed by atoms with Gasteiger partial charge in [0.1, 0.15) is 0 Å². The molecule has 0 aliphatic carbocycles. The summed E-state index contributed by atoms with van der Waals surface area (Å²) >= 11 is 0. The molecule has 1 N–H and O–H groups in total. The number of sulfonamides is 1. The molecular weight excluding hydrogens is 470 g/mol. The van der Waals surface area contributed by atoms with Gasteiger partial charge in [0.15, 0.2) is 11.6 Å². The molecule has 1 aromatic heterocycles. The zero-order valence-electron chi connectivity index (χ0n) is 20.2. The van der Waals surface area contributed by atoms with Crippen molar-refractivity contribution in [3.63, 3.8) is 0 Å². The first-order valence-corrected chi connectivity index (χ1v) is 13.5.